The van der Waals surface area contributed by atoms with Gasteiger partial charge in [0.15, 0.2) is 5.58 Å². The largest absolute Gasteiger partial charge is 0.435 e. The number of hydrogen-bond donors (Lipinski definition) is 0. The Kier molecular flexibility index (Phi) is 3.48. The minimum Gasteiger partial charge on any atom is -0.435 e. The van der Waals surface area contributed by atoms with Crippen LogP contribution in [0.1, 0.15) is 33.4 Å². The molecular formula is C20H23N3O. The van der Waals surface area contributed by atoms with Crippen LogP contribution in [0.2, 0.25) is 0 Å². The molecule has 1 aliphatic rings. The summed E-state index contributed by atoms with van der Waals surface area (Å²) in [7, 11) is 0. The summed E-state index contributed by atoms with van der Waals surface area (Å²) >= 11 is 0. The summed E-state index contributed by atoms with van der Waals surface area (Å²) in [6.07, 6.45) is 5.47. The van der Waals surface area contributed by atoms with E-state index >= 15 is 0 Å². The molecule has 1 aliphatic heterocycles. The molecule has 0 radical (unpaired) electrons. The normalized spacial score (nSPS) is 17.8. The van der Waals surface area contributed by atoms with Crippen molar-refractivity contribution in [2.45, 2.75) is 46.3 Å². The number of nitrogens with zero attached hydrogens (tertiary/aromatic N) is 3. The molecule has 2 aromatic heterocycles. The highest BCUT2D eigenvalue weighted by Gasteiger charge is 2.27. The minimum absolute atomic E-state index is 0.267. The van der Waals surface area contributed by atoms with Gasteiger partial charge < -0.3 is 14.2 Å². The molecule has 1 aromatic carbocycles. The molecule has 0 saturated heterocycles. The van der Waals surface area contributed by atoms with Gasteiger partial charge in [-0.2, -0.15) is 0 Å². The van der Waals surface area contributed by atoms with Gasteiger partial charge in [0.25, 0.3) is 0 Å². The van der Waals surface area contributed by atoms with Crippen molar-refractivity contribution in [3.8, 4) is 0 Å². The molecule has 0 aliphatic carbocycles. The van der Waals surface area contributed by atoms with Gasteiger partial charge in [-0.05, 0) is 45.4 Å². The number of rotatable bonds is 3. The van der Waals surface area contributed by atoms with Gasteiger partial charge in [0.05, 0.1) is 5.69 Å². The van der Waals surface area contributed by atoms with Crippen molar-refractivity contribution in [3.63, 3.8) is 0 Å². The lowest BCUT2D eigenvalue weighted by Crippen LogP contribution is -2.39. The predicted molar refractivity (Wildman–Crippen MR) is 98.9 cm³/mol. The van der Waals surface area contributed by atoms with Crippen molar-refractivity contribution in [1.82, 2.24) is 9.88 Å². The maximum Gasteiger partial charge on any atom is 0.227 e. The lowest BCUT2D eigenvalue weighted by molar-refractivity contribution is 0.263. The third-order valence-electron chi connectivity index (χ3n) is 4.87. The van der Waals surface area contributed by atoms with Gasteiger partial charge in [-0.1, -0.05) is 19.1 Å². The highest BCUT2D eigenvalue weighted by Crippen LogP contribution is 2.37. The number of fused-ring (bicyclic) bond motifs is 3. The second kappa shape index (κ2) is 5.55. The van der Waals surface area contributed by atoms with E-state index in [1.807, 2.05) is 0 Å². The molecule has 3 heterocycles. The zero-order chi connectivity index (χ0) is 16.8. The second-order valence-electron chi connectivity index (χ2n) is 6.64. The van der Waals surface area contributed by atoms with E-state index in [2.05, 4.69) is 85.2 Å². The molecular weight excluding hydrogens is 298 g/mol. The Hall–Kier alpha value is -2.49. The van der Waals surface area contributed by atoms with Crippen LogP contribution >= 0.6 is 0 Å². The van der Waals surface area contributed by atoms with E-state index in [-0.39, 0.29) is 6.17 Å². The Balaban J connectivity index is 1.86. The summed E-state index contributed by atoms with van der Waals surface area (Å²) in [6, 6.07) is 11.0. The SMILES string of the molecule is CCc1ccc2c(n1)oc1c(N3C=CN(C(C)C)[C@@H]3C)cccc12. The summed E-state index contributed by atoms with van der Waals surface area (Å²) in [6.45, 7) is 8.75. The predicted octanol–water partition coefficient (Wildman–Crippen LogP) is 4.89. The molecule has 0 bridgehead atoms. The molecule has 0 amide bonds. The van der Waals surface area contributed by atoms with Crippen LogP contribution in [0.15, 0.2) is 47.1 Å². The molecule has 0 saturated carbocycles. The summed E-state index contributed by atoms with van der Waals surface area (Å²) in [5.41, 5.74) is 3.79. The van der Waals surface area contributed by atoms with Crippen molar-refractivity contribution >= 4 is 27.8 Å². The molecule has 1 atom stereocenters. The Bertz CT molecular complexity index is 925. The third kappa shape index (κ3) is 2.17. The molecule has 3 aromatic rings. The van der Waals surface area contributed by atoms with E-state index < -0.39 is 0 Å². The molecule has 24 heavy (non-hydrogen) atoms. The highest BCUT2D eigenvalue weighted by atomic mass is 16.3. The molecule has 4 rings (SSSR count). The third-order valence-corrected chi connectivity index (χ3v) is 4.87. The van der Waals surface area contributed by atoms with Gasteiger partial charge in [-0.15, -0.1) is 0 Å². The fourth-order valence-electron chi connectivity index (χ4n) is 3.53. The van der Waals surface area contributed by atoms with E-state index in [1.54, 1.807) is 0 Å². The average molecular weight is 321 g/mol. The Labute approximate surface area is 142 Å². The van der Waals surface area contributed by atoms with Gasteiger partial charge in [0.2, 0.25) is 5.71 Å². The fourth-order valence-corrected chi connectivity index (χ4v) is 3.53. The lowest BCUT2D eigenvalue weighted by Gasteiger charge is -2.32. The number of hydrogen-bond acceptors (Lipinski definition) is 4. The Morgan fingerprint density at radius 1 is 1.12 bits per heavy atom. The average Bonchev–Trinajstić information content (AvgIpc) is 3.14. The van der Waals surface area contributed by atoms with Gasteiger partial charge >= 0.3 is 0 Å². The van der Waals surface area contributed by atoms with Crippen LogP contribution in [0.5, 0.6) is 0 Å². The molecule has 0 N–H and O–H groups in total. The van der Waals surface area contributed by atoms with E-state index in [0.29, 0.717) is 6.04 Å². The van der Waals surface area contributed by atoms with Gasteiger partial charge in [-0.3, -0.25) is 0 Å². The minimum atomic E-state index is 0.267. The number of aryl methyl sites for hydroxylation is 1. The second-order valence-corrected chi connectivity index (χ2v) is 6.64. The van der Waals surface area contributed by atoms with Gasteiger partial charge in [-0.25, -0.2) is 4.98 Å². The molecule has 0 unspecified atom stereocenters. The molecule has 124 valence electrons. The number of benzene rings is 1. The summed E-state index contributed by atoms with van der Waals surface area (Å²) in [5, 5.41) is 2.21. The van der Waals surface area contributed by atoms with Crippen LogP contribution in [0.3, 0.4) is 0 Å². The summed E-state index contributed by atoms with van der Waals surface area (Å²) in [4.78, 5) is 9.26. The Morgan fingerprint density at radius 3 is 2.67 bits per heavy atom. The van der Waals surface area contributed by atoms with Crippen molar-refractivity contribution < 1.29 is 4.42 Å². The zero-order valence-electron chi connectivity index (χ0n) is 14.7. The number of pyridine rings is 1. The van der Waals surface area contributed by atoms with Crippen LogP contribution in [-0.4, -0.2) is 22.1 Å². The van der Waals surface area contributed by atoms with Crippen LogP contribution in [-0.2, 0) is 6.42 Å². The standard InChI is InChI=1S/C20H23N3O/c1-5-15-9-10-17-16-7-6-8-18(19(16)24-20(17)21-15)23-12-11-22(13(2)3)14(23)4/h6-14H,5H2,1-4H3/t14-/m0/s1. The topological polar surface area (TPSA) is 32.5 Å². The quantitative estimate of drug-likeness (QED) is 0.687. The molecule has 4 heteroatoms. The van der Waals surface area contributed by atoms with Crippen LogP contribution in [0, 0.1) is 0 Å². The summed E-state index contributed by atoms with van der Waals surface area (Å²) in [5.74, 6) is 0. The smallest absolute Gasteiger partial charge is 0.227 e. The maximum absolute atomic E-state index is 6.18. The number of aromatic nitrogens is 1. The van der Waals surface area contributed by atoms with Crippen LogP contribution < -0.4 is 4.90 Å². The Morgan fingerprint density at radius 2 is 1.96 bits per heavy atom. The first kappa shape index (κ1) is 15.1. The summed E-state index contributed by atoms with van der Waals surface area (Å²) < 4.78 is 6.18. The van der Waals surface area contributed by atoms with Crippen LogP contribution in [0.25, 0.3) is 22.1 Å². The van der Waals surface area contributed by atoms with Gasteiger partial charge in [0.1, 0.15) is 6.17 Å². The van der Waals surface area contributed by atoms with E-state index in [0.717, 1.165) is 39.9 Å². The first-order chi connectivity index (χ1) is 11.6. The molecule has 0 spiro atoms. The van der Waals surface area contributed by atoms with Crippen molar-refractivity contribution in [2.24, 2.45) is 0 Å². The van der Waals surface area contributed by atoms with Crippen molar-refractivity contribution in [1.29, 1.82) is 0 Å². The first-order valence-electron chi connectivity index (χ1n) is 8.65. The number of para-hydroxylation sites is 1. The highest BCUT2D eigenvalue weighted by molar-refractivity contribution is 6.08. The van der Waals surface area contributed by atoms with E-state index in [9.17, 15) is 0 Å². The van der Waals surface area contributed by atoms with Crippen molar-refractivity contribution in [2.75, 3.05) is 4.90 Å². The first-order valence-corrected chi connectivity index (χ1v) is 8.65. The zero-order valence-corrected chi connectivity index (χ0v) is 14.7. The number of furan rings is 1. The van der Waals surface area contributed by atoms with Gasteiger partial charge in [0, 0.05) is 34.9 Å². The monoisotopic (exact) mass is 321 g/mol. The van der Waals surface area contributed by atoms with E-state index in [4.69, 9.17) is 4.42 Å². The fraction of sp³-hybridized carbons (Fsp3) is 0.350. The molecule has 4 nitrogen and oxygen atoms in total. The lowest BCUT2D eigenvalue weighted by atomic mass is 10.1. The number of anilines is 1. The van der Waals surface area contributed by atoms with Crippen LogP contribution in [0.4, 0.5) is 5.69 Å². The molecule has 0 fully saturated rings. The van der Waals surface area contributed by atoms with E-state index in [1.165, 1.54) is 0 Å². The van der Waals surface area contributed by atoms with Crippen molar-refractivity contribution in [3.05, 3.63) is 48.4 Å². The maximum atomic E-state index is 6.18.